The molecule has 4 aliphatic carbocycles. The van der Waals surface area contributed by atoms with E-state index in [2.05, 4.69) is 20.4 Å². The van der Waals surface area contributed by atoms with E-state index < -0.39 is 28.6 Å². The van der Waals surface area contributed by atoms with Gasteiger partial charge in [0.05, 0.1) is 18.1 Å². The molecule has 2 bridgehead atoms. The van der Waals surface area contributed by atoms with Crippen LogP contribution < -0.4 is 0 Å². The van der Waals surface area contributed by atoms with Crippen molar-refractivity contribution in [1.82, 2.24) is 0 Å². The van der Waals surface area contributed by atoms with E-state index in [-0.39, 0.29) is 47.3 Å². The Morgan fingerprint density at radius 2 is 1.91 bits per heavy atom. The van der Waals surface area contributed by atoms with Gasteiger partial charge in [-0.3, -0.25) is 14.4 Å². The van der Waals surface area contributed by atoms with Gasteiger partial charge in [-0.25, -0.2) is 0 Å². The Bertz CT molecular complexity index is 866. The molecule has 1 spiro atoms. The molecule has 7 atom stereocenters. The highest BCUT2D eigenvalue weighted by Crippen LogP contribution is 2.72. The van der Waals surface area contributed by atoms with Gasteiger partial charge in [-0.15, -0.1) is 0 Å². The second-order valence-electron chi connectivity index (χ2n) is 12.0. The highest BCUT2D eigenvalue weighted by molar-refractivity contribution is 6.09. The third kappa shape index (κ3) is 3.08. The fourth-order valence-corrected chi connectivity index (χ4v) is 8.30. The van der Waals surface area contributed by atoms with Crippen molar-refractivity contribution in [3.8, 4) is 0 Å². The van der Waals surface area contributed by atoms with Crippen LogP contribution in [0.3, 0.4) is 0 Å². The molecule has 0 aliphatic heterocycles. The van der Waals surface area contributed by atoms with Crippen LogP contribution in [0, 0.1) is 39.9 Å². The van der Waals surface area contributed by atoms with Crippen molar-refractivity contribution < 1.29 is 29.0 Å². The summed E-state index contributed by atoms with van der Waals surface area (Å²) in [6.07, 6.45) is 2.86. The number of hydrogen-bond acceptors (Lipinski definition) is 6. The predicted octanol–water partition coefficient (Wildman–Crippen LogP) is 3.85. The third-order valence-electron chi connectivity index (χ3n) is 9.34. The van der Waals surface area contributed by atoms with Gasteiger partial charge in [-0.05, 0) is 61.9 Å². The van der Waals surface area contributed by atoms with E-state index in [0.717, 1.165) is 19.3 Å². The van der Waals surface area contributed by atoms with E-state index in [1.54, 1.807) is 13.8 Å². The lowest BCUT2D eigenvalue weighted by molar-refractivity contribution is -0.285. The molecule has 178 valence electrons. The normalized spacial score (nSPS) is 43.0. The van der Waals surface area contributed by atoms with Crippen LogP contribution >= 0.6 is 0 Å². The van der Waals surface area contributed by atoms with Crippen molar-refractivity contribution in [1.29, 1.82) is 0 Å². The molecule has 4 fully saturated rings. The Morgan fingerprint density at radius 3 is 2.50 bits per heavy atom. The number of rotatable bonds is 4. The molecule has 4 aliphatic rings. The number of fused-ring (bicyclic) bond motifs is 3. The van der Waals surface area contributed by atoms with Gasteiger partial charge in [0.15, 0.2) is 11.6 Å². The third-order valence-corrected chi connectivity index (χ3v) is 9.34. The van der Waals surface area contributed by atoms with Crippen LogP contribution in [-0.2, 0) is 23.9 Å². The lowest BCUT2D eigenvalue weighted by Gasteiger charge is -2.66. The van der Waals surface area contributed by atoms with Gasteiger partial charge in [0.25, 0.3) is 0 Å². The smallest absolute Gasteiger partial charge is 0.302 e. The molecular formula is C26H38O6. The predicted molar refractivity (Wildman–Crippen MR) is 118 cm³/mol. The molecule has 4 rings (SSSR count). The largest absolute Gasteiger partial charge is 0.465 e. The SMILES string of the molecule is C=C1C(=O)[C@]23[C@H](C)[C@H]1CC(=O)[C@H]2[C@]1(COC(C)=O)CCCC(C)(C)[C@H]1C[C@H]3OC(C)(C)O. The average Bonchev–Trinajstić information content (AvgIpc) is 2.77. The van der Waals surface area contributed by atoms with Crippen LogP contribution in [0.15, 0.2) is 12.2 Å². The van der Waals surface area contributed by atoms with Crippen molar-refractivity contribution in [2.45, 2.75) is 85.5 Å². The number of ketones is 2. The summed E-state index contributed by atoms with van der Waals surface area (Å²) in [6, 6.07) is 0. The molecule has 0 unspecified atom stereocenters. The summed E-state index contributed by atoms with van der Waals surface area (Å²) in [4.78, 5) is 39.8. The van der Waals surface area contributed by atoms with Crippen LogP contribution in [0.1, 0.15) is 73.6 Å². The molecule has 0 aromatic carbocycles. The number of ether oxygens (including phenoxy) is 2. The van der Waals surface area contributed by atoms with Crippen molar-refractivity contribution >= 4 is 17.5 Å². The van der Waals surface area contributed by atoms with Crippen LogP contribution in [0.4, 0.5) is 0 Å². The Kier molecular flexibility index (Phi) is 5.34. The summed E-state index contributed by atoms with van der Waals surface area (Å²) in [5, 5.41) is 10.6. The number of allylic oxidation sites excluding steroid dienone is 1. The van der Waals surface area contributed by atoms with Crippen LogP contribution in [0.5, 0.6) is 0 Å². The molecule has 0 heterocycles. The average molecular weight is 447 g/mol. The van der Waals surface area contributed by atoms with Gasteiger partial charge < -0.3 is 14.6 Å². The molecule has 6 heteroatoms. The van der Waals surface area contributed by atoms with E-state index >= 15 is 0 Å². The standard InChI is InChI=1S/C26H38O6/c1-14-17-11-18(28)21-25(13-31-16(3)27)10-8-9-23(4,5)19(25)12-20(32-24(6,7)30)26(21,15(17)2)22(14)29/h15,17,19-21,30H,1,8-13H2,2-7H3/t15-,17+,19-,20-,21+,25+,26+/m1/s1. The van der Waals surface area contributed by atoms with Gasteiger partial charge in [0, 0.05) is 24.7 Å². The van der Waals surface area contributed by atoms with E-state index in [0.29, 0.717) is 18.4 Å². The monoisotopic (exact) mass is 446 g/mol. The molecule has 0 saturated heterocycles. The fraction of sp³-hybridized carbons (Fsp3) is 0.808. The van der Waals surface area contributed by atoms with Crippen LogP contribution in [-0.4, -0.2) is 41.1 Å². The molecule has 0 radical (unpaired) electrons. The highest BCUT2D eigenvalue weighted by Gasteiger charge is 2.77. The van der Waals surface area contributed by atoms with Gasteiger partial charge in [-0.1, -0.05) is 33.8 Å². The molecule has 32 heavy (non-hydrogen) atoms. The summed E-state index contributed by atoms with van der Waals surface area (Å²) in [5.74, 6) is -2.78. The van der Waals surface area contributed by atoms with Gasteiger partial charge in [0.2, 0.25) is 0 Å². The van der Waals surface area contributed by atoms with E-state index in [4.69, 9.17) is 9.47 Å². The molecule has 6 nitrogen and oxygen atoms in total. The number of carbonyl (C=O) groups excluding carboxylic acids is 3. The summed E-state index contributed by atoms with van der Waals surface area (Å²) in [7, 11) is 0. The summed E-state index contributed by atoms with van der Waals surface area (Å²) in [6.45, 7) is 15.2. The lowest BCUT2D eigenvalue weighted by Crippen LogP contribution is -2.70. The van der Waals surface area contributed by atoms with Crippen LogP contribution in [0.25, 0.3) is 0 Å². The molecule has 0 aromatic heterocycles. The van der Waals surface area contributed by atoms with E-state index in [1.165, 1.54) is 6.92 Å². The number of aliphatic hydroxyl groups is 1. The minimum atomic E-state index is -1.45. The van der Waals surface area contributed by atoms with Gasteiger partial charge >= 0.3 is 5.97 Å². The van der Waals surface area contributed by atoms with Crippen LogP contribution in [0.2, 0.25) is 0 Å². The first kappa shape index (κ1) is 23.6. The maximum absolute atomic E-state index is 14.0. The Labute approximate surface area is 191 Å². The Hall–Kier alpha value is -1.53. The zero-order valence-corrected chi connectivity index (χ0v) is 20.3. The van der Waals surface area contributed by atoms with Crippen molar-refractivity contribution in [3.63, 3.8) is 0 Å². The first-order valence-corrected chi connectivity index (χ1v) is 12.0. The maximum Gasteiger partial charge on any atom is 0.302 e. The number of carbonyl (C=O) groups is 3. The number of esters is 1. The fourth-order valence-electron chi connectivity index (χ4n) is 8.30. The van der Waals surface area contributed by atoms with E-state index in [9.17, 15) is 19.5 Å². The van der Waals surface area contributed by atoms with E-state index in [1.807, 2.05) is 6.92 Å². The summed E-state index contributed by atoms with van der Waals surface area (Å²) in [5.41, 5.74) is -1.32. The van der Waals surface area contributed by atoms with Gasteiger partial charge in [0.1, 0.15) is 5.78 Å². The quantitative estimate of drug-likeness (QED) is 0.401. The maximum atomic E-state index is 14.0. The molecule has 4 saturated carbocycles. The van der Waals surface area contributed by atoms with Crippen molar-refractivity contribution in [3.05, 3.63) is 12.2 Å². The Morgan fingerprint density at radius 1 is 1.25 bits per heavy atom. The summed E-state index contributed by atoms with van der Waals surface area (Å²) >= 11 is 0. The first-order chi connectivity index (χ1) is 14.7. The summed E-state index contributed by atoms with van der Waals surface area (Å²) < 4.78 is 11.9. The highest BCUT2D eigenvalue weighted by atomic mass is 16.6. The zero-order chi connectivity index (χ0) is 23.9. The molecule has 0 amide bonds. The second-order valence-corrected chi connectivity index (χ2v) is 12.0. The Balaban J connectivity index is 1.97. The van der Waals surface area contributed by atoms with Gasteiger partial charge in [-0.2, -0.15) is 0 Å². The number of hydrogen-bond donors (Lipinski definition) is 1. The minimum Gasteiger partial charge on any atom is -0.465 e. The minimum absolute atomic E-state index is 0.0143. The molecular weight excluding hydrogens is 408 g/mol. The first-order valence-electron chi connectivity index (χ1n) is 12.0. The van der Waals surface area contributed by atoms with Crippen molar-refractivity contribution in [2.75, 3.05) is 6.61 Å². The van der Waals surface area contributed by atoms with Crippen molar-refractivity contribution in [2.24, 2.45) is 39.9 Å². The second kappa shape index (κ2) is 7.23. The number of Topliss-reactive ketones (excluding diaryl/α,β-unsaturated/α-hetero) is 2. The zero-order valence-electron chi connectivity index (χ0n) is 20.3. The molecule has 0 aromatic rings. The molecule has 1 N–H and O–H groups in total. The topological polar surface area (TPSA) is 89.9 Å². The lowest BCUT2D eigenvalue weighted by atomic mass is 9.38.